The molecule has 94 heavy (non-hydrogen) atoms. The number of nitriles is 1. The topological polar surface area (TPSA) is 78.0 Å². The second-order valence-corrected chi connectivity index (χ2v) is 26.9. The van der Waals surface area contributed by atoms with Crippen molar-refractivity contribution in [2.45, 2.75) is 0 Å². The summed E-state index contributed by atoms with van der Waals surface area (Å²) in [6.07, 6.45) is 0. The minimum atomic E-state index is 0.491. The fourth-order valence-corrected chi connectivity index (χ4v) is 18.6. The van der Waals surface area contributed by atoms with Crippen LogP contribution in [0.5, 0.6) is 0 Å². The third-order valence-corrected chi connectivity index (χ3v) is 22.5. The van der Waals surface area contributed by atoms with Gasteiger partial charge >= 0.3 is 0 Å². The lowest BCUT2D eigenvalue weighted by Gasteiger charge is -2.29. The molecule has 434 valence electrons. The van der Waals surface area contributed by atoms with Crippen molar-refractivity contribution >= 4 is 194 Å². The lowest BCUT2D eigenvalue weighted by atomic mass is 9.87. The molecule has 9 heteroatoms. The van der Waals surface area contributed by atoms with E-state index >= 15 is 0 Å². The van der Waals surface area contributed by atoms with Crippen LogP contribution in [0, 0.1) is 11.3 Å². The van der Waals surface area contributed by atoms with Gasteiger partial charge in [-0.15, -0.1) is 22.7 Å². The number of aromatic nitrogens is 3. The molecule has 14 aromatic carbocycles. The van der Waals surface area contributed by atoms with Crippen molar-refractivity contribution in [3.05, 3.63) is 272 Å². The van der Waals surface area contributed by atoms with Crippen LogP contribution in [0.4, 0.5) is 0 Å². The van der Waals surface area contributed by atoms with Crippen LogP contribution in [0.2, 0.25) is 0 Å². The number of furan rings is 3. The van der Waals surface area contributed by atoms with Gasteiger partial charge in [0.15, 0.2) is 0 Å². The van der Waals surface area contributed by atoms with E-state index < -0.39 is 0 Å². The Morgan fingerprint density at radius 3 is 0.957 bits per heavy atom. The molecule has 0 aliphatic carbocycles. The second kappa shape index (κ2) is 18.5. The third kappa shape index (κ3) is 6.61. The van der Waals surface area contributed by atoms with Crippen LogP contribution in [0.3, 0.4) is 0 Å². The predicted molar refractivity (Wildman–Crippen MR) is 393 cm³/mol. The zero-order valence-electron chi connectivity index (χ0n) is 49.7. The summed E-state index contributed by atoms with van der Waals surface area (Å²) in [5.41, 5.74) is 17.1. The molecule has 0 saturated heterocycles. The summed E-state index contributed by atoms with van der Waals surface area (Å²) in [5, 5.41) is 30.7. The number of para-hydroxylation sites is 6. The Labute approximate surface area is 540 Å². The quantitative estimate of drug-likeness (QED) is 0.172. The minimum Gasteiger partial charge on any atom is -0.456 e. The van der Waals surface area contributed by atoms with E-state index in [1.165, 1.54) is 20.2 Å². The first kappa shape index (κ1) is 50.5. The second-order valence-electron chi connectivity index (χ2n) is 24.8. The van der Waals surface area contributed by atoms with Gasteiger partial charge in [0.25, 0.3) is 0 Å². The summed E-state index contributed by atoms with van der Waals surface area (Å²) < 4.78 is 32.8. The van der Waals surface area contributed by atoms with E-state index in [4.69, 9.17) is 13.3 Å². The SMILES string of the molecule is N#Cc1c(-n2c3ccccc3c3cc4c(cc32)oc2ccccc24)c(-c2cccc3c2sc2ccccc23)c(-n2c3ccccc3c3cc4c(cc32)oc2ccccc24)c(-c2cccc3c2sc2ccccc23)c1-n1c2ccccc2c2cc3c(cc21)oc1ccccc13. The maximum atomic E-state index is 13.4. The van der Waals surface area contributed by atoms with E-state index in [1.54, 1.807) is 22.7 Å². The molecule has 22 rings (SSSR count). The maximum Gasteiger partial charge on any atom is 0.137 e. The van der Waals surface area contributed by atoms with Crippen LogP contribution in [0.1, 0.15) is 5.56 Å². The Morgan fingerprint density at radius 1 is 0.255 bits per heavy atom. The highest BCUT2D eigenvalue weighted by Crippen LogP contribution is 2.57. The summed E-state index contributed by atoms with van der Waals surface area (Å²) in [6, 6.07) is 99.2. The van der Waals surface area contributed by atoms with Crippen LogP contribution >= 0.6 is 22.7 Å². The highest BCUT2D eigenvalue weighted by molar-refractivity contribution is 7.26. The van der Waals surface area contributed by atoms with Crippen molar-refractivity contribution in [3.8, 4) is 45.4 Å². The molecule has 0 atom stereocenters. The van der Waals surface area contributed by atoms with Crippen LogP contribution in [0.25, 0.3) is 211 Å². The number of hydrogen-bond donors (Lipinski definition) is 0. The first-order valence-corrected chi connectivity index (χ1v) is 33.2. The monoisotopic (exact) mass is 1230 g/mol. The summed E-state index contributed by atoms with van der Waals surface area (Å²) >= 11 is 3.60. The fourth-order valence-electron chi connectivity index (χ4n) is 16.2. The van der Waals surface area contributed by atoms with Gasteiger partial charge in [0.1, 0.15) is 45.1 Å². The molecule has 0 spiro atoms. The lowest BCUT2D eigenvalue weighted by molar-refractivity contribution is 0.669. The summed E-state index contributed by atoms with van der Waals surface area (Å²) in [5.74, 6) is 0. The van der Waals surface area contributed by atoms with Crippen LogP contribution in [-0.2, 0) is 0 Å². The standard InChI is InChI=1S/C85H44N4O3S2/c86-45-64-81(87-65-31-9-1-19-46(65)58-39-61-49-22-4-12-34-71(49)90-74(61)42-68(58)87)79(56-29-17-27-54-52-25-7-15-37-77(52)93-84(54)56)83(89-67-33-11-3-21-48(67)60-41-63-51-24-6-14-36-73(51)92-76(63)44-70(60)89)80(57-30-18-28-55-53-26-8-16-38-78(53)94-85(55)57)82(64)88-66-32-10-2-20-47(66)59-40-62-50-23-5-13-35-72(50)91-75(62)43-69(59)88/h1-44H. The molecule has 22 aromatic rings. The third-order valence-electron chi connectivity index (χ3n) is 20.1. The van der Waals surface area contributed by atoms with Crippen molar-refractivity contribution < 1.29 is 13.3 Å². The lowest BCUT2D eigenvalue weighted by Crippen LogP contribution is -2.13. The summed E-state index contributed by atoms with van der Waals surface area (Å²) in [7, 11) is 0. The normalized spacial score (nSPS) is 12.5. The average Bonchev–Trinajstić information content (AvgIpc) is 1.20. The van der Waals surface area contributed by atoms with E-state index in [0.29, 0.717) is 5.56 Å². The molecule has 0 aliphatic heterocycles. The Bertz CT molecular complexity index is 6880. The van der Waals surface area contributed by atoms with E-state index in [9.17, 15) is 5.26 Å². The summed E-state index contributed by atoms with van der Waals surface area (Å²) in [4.78, 5) is 0. The molecule has 0 unspecified atom stereocenters. The van der Waals surface area contributed by atoms with Gasteiger partial charge in [0.2, 0.25) is 0 Å². The van der Waals surface area contributed by atoms with Gasteiger partial charge in [-0.05, 0) is 66.7 Å². The Kier molecular flexibility index (Phi) is 9.95. The van der Waals surface area contributed by atoms with Crippen LogP contribution < -0.4 is 0 Å². The van der Waals surface area contributed by atoms with E-state index in [2.05, 4.69) is 256 Å². The molecule has 0 fully saturated rings. The van der Waals surface area contributed by atoms with Gasteiger partial charge in [0, 0.05) is 145 Å². The van der Waals surface area contributed by atoms with Crippen LogP contribution in [0.15, 0.2) is 280 Å². The van der Waals surface area contributed by atoms with Crippen molar-refractivity contribution in [2.75, 3.05) is 0 Å². The molecular weight excluding hydrogens is 1190 g/mol. The predicted octanol–water partition coefficient (Wildman–Crippen LogP) is 24.6. The summed E-state index contributed by atoms with van der Waals surface area (Å²) in [6.45, 7) is 0. The highest BCUT2D eigenvalue weighted by atomic mass is 32.1. The number of rotatable bonds is 5. The molecular formula is C85H44N4O3S2. The van der Waals surface area contributed by atoms with Gasteiger partial charge in [-0.25, -0.2) is 0 Å². The number of nitrogens with zero attached hydrogens (tertiary/aromatic N) is 4. The van der Waals surface area contributed by atoms with Gasteiger partial charge in [0.05, 0.1) is 50.2 Å². The molecule has 8 aromatic heterocycles. The molecule has 0 bridgehead atoms. The largest absolute Gasteiger partial charge is 0.456 e. The first-order chi connectivity index (χ1) is 46.6. The van der Waals surface area contributed by atoms with Crippen molar-refractivity contribution in [2.24, 2.45) is 0 Å². The van der Waals surface area contributed by atoms with Gasteiger partial charge in [-0.1, -0.05) is 182 Å². The molecule has 0 aliphatic rings. The van der Waals surface area contributed by atoms with Gasteiger partial charge in [-0.3, -0.25) is 0 Å². The van der Waals surface area contributed by atoms with Crippen molar-refractivity contribution in [3.63, 3.8) is 0 Å². The fraction of sp³-hybridized carbons (Fsp3) is 0. The van der Waals surface area contributed by atoms with Crippen molar-refractivity contribution in [1.29, 1.82) is 5.26 Å². The molecule has 0 radical (unpaired) electrons. The molecule has 7 nitrogen and oxygen atoms in total. The first-order valence-electron chi connectivity index (χ1n) is 31.6. The molecule has 0 N–H and O–H groups in total. The smallest absolute Gasteiger partial charge is 0.137 e. The zero-order valence-corrected chi connectivity index (χ0v) is 51.4. The Morgan fingerprint density at radius 2 is 0.574 bits per heavy atom. The molecule has 8 heterocycles. The number of thiophene rings is 2. The van der Waals surface area contributed by atoms with Gasteiger partial charge < -0.3 is 27.0 Å². The van der Waals surface area contributed by atoms with E-state index in [1.807, 2.05) is 30.3 Å². The molecule has 0 saturated carbocycles. The highest BCUT2D eigenvalue weighted by Gasteiger charge is 2.36. The average molecular weight is 1230 g/mol. The molecule has 0 amide bonds. The van der Waals surface area contributed by atoms with E-state index in [-0.39, 0.29) is 0 Å². The Balaban J connectivity index is 1.06. The minimum absolute atomic E-state index is 0.491. The number of fused-ring (bicyclic) bond motifs is 24. The number of benzene rings is 14. The number of hydrogen-bond acceptors (Lipinski definition) is 6. The zero-order chi connectivity index (χ0) is 61.2. The van der Waals surface area contributed by atoms with Crippen molar-refractivity contribution in [1.82, 2.24) is 13.7 Å². The van der Waals surface area contributed by atoms with Crippen LogP contribution in [-0.4, -0.2) is 13.7 Å². The Hall–Kier alpha value is -12.2. The maximum absolute atomic E-state index is 13.4. The van der Waals surface area contributed by atoms with Gasteiger partial charge in [-0.2, -0.15) is 5.26 Å². The van der Waals surface area contributed by atoms with E-state index in [0.717, 1.165) is 191 Å².